The van der Waals surface area contributed by atoms with E-state index in [-0.39, 0.29) is 11.8 Å². The van der Waals surface area contributed by atoms with Crippen molar-refractivity contribution in [3.05, 3.63) is 9.81 Å². The van der Waals surface area contributed by atoms with E-state index in [1.165, 1.54) is 48.8 Å². The third kappa shape index (κ3) is 3.91. The molecule has 1 aliphatic heterocycles. The van der Waals surface area contributed by atoms with Crippen molar-refractivity contribution in [2.75, 3.05) is 6.26 Å². The highest BCUT2D eigenvalue weighted by Crippen LogP contribution is 2.42. The number of amides is 2. The second kappa shape index (κ2) is 7.43. The minimum Gasteiger partial charge on any atom is -0.268 e. The Morgan fingerprint density at radius 3 is 1.91 bits per heavy atom. The SMILES string of the molecule is CSC1=C(SC2CCCCCCC2)C(=O)N(C(C)(C)C)C1=O. The number of imide groups is 1. The number of hydrogen-bond acceptors (Lipinski definition) is 4. The maximum Gasteiger partial charge on any atom is 0.269 e. The number of carbonyl (C=O) groups is 2. The van der Waals surface area contributed by atoms with Crippen LogP contribution in [0.3, 0.4) is 0 Å². The third-order valence-electron chi connectivity index (χ3n) is 4.21. The second-order valence-corrected chi connectivity index (χ2v) is 9.19. The van der Waals surface area contributed by atoms with Gasteiger partial charge in [0.2, 0.25) is 0 Å². The molecule has 0 unspecified atom stereocenters. The van der Waals surface area contributed by atoms with E-state index in [1.807, 2.05) is 27.0 Å². The first-order chi connectivity index (χ1) is 10.4. The molecular formula is C17H27NO2S2. The Balaban J connectivity index is 2.18. The number of thioether (sulfide) groups is 2. The van der Waals surface area contributed by atoms with Crippen molar-refractivity contribution in [1.29, 1.82) is 0 Å². The molecule has 5 heteroatoms. The van der Waals surface area contributed by atoms with Gasteiger partial charge in [-0.05, 0) is 39.9 Å². The molecule has 0 aromatic heterocycles. The Morgan fingerprint density at radius 1 is 0.909 bits per heavy atom. The lowest BCUT2D eigenvalue weighted by molar-refractivity contribution is -0.142. The van der Waals surface area contributed by atoms with Gasteiger partial charge in [0, 0.05) is 10.8 Å². The van der Waals surface area contributed by atoms with Crippen LogP contribution in [0, 0.1) is 0 Å². The zero-order valence-electron chi connectivity index (χ0n) is 14.1. The summed E-state index contributed by atoms with van der Waals surface area (Å²) in [6.45, 7) is 5.76. The first-order valence-electron chi connectivity index (χ1n) is 8.20. The van der Waals surface area contributed by atoms with E-state index in [1.54, 1.807) is 11.8 Å². The van der Waals surface area contributed by atoms with Crippen LogP contribution in [0.1, 0.15) is 65.7 Å². The van der Waals surface area contributed by atoms with Gasteiger partial charge in [0.15, 0.2) is 0 Å². The molecule has 1 aliphatic carbocycles. The Morgan fingerprint density at radius 2 is 1.41 bits per heavy atom. The molecule has 0 saturated heterocycles. The standard InChI is InChI=1S/C17H27NO2S2/c1-17(2,3)18-15(19)13(21-4)14(16(18)20)22-12-10-8-6-5-7-9-11-12/h12H,5-11H2,1-4H3. The smallest absolute Gasteiger partial charge is 0.268 e. The second-order valence-electron chi connectivity index (χ2n) is 7.06. The molecule has 1 heterocycles. The summed E-state index contributed by atoms with van der Waals surface area (Å²) in [5.74, 6) is -0.202. The monoisotopic (exact) mass is 341 g/mol. The van der Waals surface area contributed by atoms with E-state index in [2.05, 4.69) is 0 Å². The Kier molecular flexibility index (Phi) is 6.06. The Bertz CT molecular complexity index is 472. The van der Waals surface area contributed by atoms with Crippen molar-refractivity contribution in [3.8, 4) is 0 Å². The molecule has 0 spiro atoms. The van der Waals surface area contributed by atoms with E-state index in [0.29, 0.717) is 15.1 Å². The van der Waals surface area contributed by atoms with Crippen molar-refractivity contribution < 1.29 is 9.59 Å². The van der Waals surface area contributed by atoms with Crippen molar-refractivity contribution in [2.24, 2.45) is 0 Å². The van der Waals surface area contributed by atoms with Crippen LogP contribution < -0.4 is 0 Å². The molecule has 0 bridgehead atoms. The molecule has 2 rings (SSSR count). The summed E-state index contributed by atoms with van der Waals surface area (Å²) in [5, 5.41) is 0.481. The lowest BCUT2D eigenvalue weighted by atomic mass is 10.0. The Labute approximate surface area is 142 Å². The topological polar surface area (TPSA) is 37.4 Å². The van der Waals surface area contributed by atoms with Crippen molar-refractivity contribution >= 4 is 35.3 Å². The van der Waals surface area contributed by atoms with E-state index < -0.39 is 5.54 Å². The molecule has 1 fully saturated rings. The van der Waals surface area contributed by atoms with Gasteiger partial charge in [0.1, 0.15) is 0 Å². The molecule has 0 N–H and O–H groups in total. The molecule has 124 valence electrons. The van der Waals surface area contributed by atoms with E-state index >= 15 is 0 Å². The van der Waals surface area contributed by atoms with Gasteiger partial charge in [0.25, 0.3) is 11.8 Å². The van der Waals surface area contributed by atoms with Crippen LogP contribution in [-0.4, -0.2) is 33.8 Å². The lowest BCUT2D eigenvalue weighted by Crippen LogP contribution is -2.46. The van der Waals surface area contributed by atoms with Crippen LogP contribution in [-0.2, 0) is 9.59 Å². The van der Waals surface area contributed by atoms with Crippen molar-refractivity contribution in [3.63, 3.8) is 0 Å². The van der Waals surface area contributed by atoms with Crippen LogP contribution in [0.5, 0.6) is 0 Å². The third-order valence-corrected chi connectivity index (χ3v) is 6.55. The molecule has 0 aromatic carbocycles. The molecule has 3 nitrogen and oxygen atoms in total. The molecule has 2 amide bonds. The predicted molar refractivity (Wildman–Crippen MR) is 95.8 cm³/mol. The molecule has 0 aromatic rings. The zero-order chi connectivity index (χ0) is 16.3. The van der Waals surface area contributed by atoms with Crippen LogP contribution >= 0.6 is 23.5 Å². The summed E-state index contributed by atoms with van der Waals surface area (Å²) in [7, 11) is 0. The van der Waals surface area contributed by atoms with Gasteiger partial charge in [-0.25, -0.2) is 0 Å². The fourth-order valence-electron chi connectivity index (χ4n) is 3.09. The molecular weight excluding hydrogens is 314 g/mol. The van der Waals surface area contributed by atoms with Gasteiger partial charge in [0.05, 0.1) is 9.81 Å². The number of nitrogens with zero attached hydrogens (tertiary/aromatic N) is 1. The molecule has 0 atom stereocenters. The summed E-state index contributed by atoms with van der Waals surface area (Å²) < 4.78 is 0. The molecule has 22 heavy (non-hydrogen) atoms. The summed E-state index contributed by atoms with van der Waals surface area (Å²) >= 11 is 3.08. The molecule has 0 radical (unpaired) electrons. The lowest BCUT2D eigenvalue weighted by Gasteiger charge is -2.30. The van der Waals surface area contributed by atoms with Gasteiger partial charge in [-0.2, -0.15) is 0 Å². The van der Waals surface area contributed by atoms with E-state index in [4.69, 9.17) is 0 Å². The zero-order valence-corrected chi connectivity index (χ0v) is 15.7. The average Bonchev–Trinajstić information content (AvgIpc) is 2.62. The normalized spacial score (nSPS) is 22.3. The van der Waals surface area contributed by atoms with Crippen molar-refractivity contribution in [2.45, 2.75) is 76.5 Å². The maximum atomic E-state index is 12.8. The summed E-state index contributed by atoms with van der Waals surface area (Å²) in [6, 6.07) is 0. The number of rotatable bonds is 3. The first-order valence-corrected chi connectivity index (χ1v) is 10.3. The van der Waals surface area contributed by atoms with Gasteiger partial charge in [-0.3, -0.25) is 14.5 Å². The summed E-state index contributed by atoms with van der Waals surface area (Å²) in [4.78, 5) is 28.1. The minimum absolute atomic E-state index is 0.0890. The maximum absolute atomic E-state index is 12.8. The van der Waals surface area contributed by atoms with Gasteiger partial charge in [-0.15, -0.1) is 23.5 Å². The minimum atomic E-state index is -0.460. The van der Waals surface area contributed by atoms with Gasteiger partial charge in [-0.1, -0.05) is 32.1 Å². The Hall–Kier alpha value is -0.420. The first kappa shape index (κ1) is 17.9. The van der Waals surface area contributed by atoms with E-state index in [9.17, 15) is 9.59 Å². The highest BCUT2D eigenvalue weighted by molar-refractivity contribution is 8.08. The highest BCUT2D eigenvalue weighted by atomic mass is 32.2. The van der Waals surface area contributed by atoms with Gasteiger partial charge < -0.3 is 0 Å². The van der Waals surface area contributed by atoms with Gasteiger partial charge >= 0.3 is 0 Å². The highest BCUT2D eigenvalue weighted by Gasteiger charge is 2.44. The largest absolute Gasteiger partial charge is 0.269 e. The summed E-state index contributed by atoms with van der Waals surface area (Å²) in [6.07, 6.45) is 10.6. The summed E-state index contributed by atoms with van der Waals surface area (Å²) in [5.41, 5.74) is -0.460. The molecule has 1 saturated carbocycles. The number of hydrogen-bond donors (Lipinski definition) is 0. The average molecular weight is 342 g/mol. The molecule has 2 aliphatic rings. The van der Waals surface area contributed by atoms with Crippen LogP contribution in [0.2, 0.25) is 0 Å². The van der Waals surface area contributed by atoms with E-state index in [0.717, 1.165) is 12.8 Å². The number of carbonyl (C=O) groups excluding carboxylic acids is 2. The fourth-order valence-corrected chi connectivity index (χ4v) is 5.31. The van der Waals surface area contributed by atoms with Crippen LogP contribution in [0.25, 0.3) is 0 Å². The van der Waals surface area contributed by atoms with Crippen molar-refractivity contribution in [1.82, 2.24) is 4.90 Å². The fraction of sp³-hybridized carbons (Fsp3) is 0.765. The quantitative estimate of drug-likeness (QED) is 0.705. The van der Waals surface area contributed by atoms with Crippen LogP contribution in [0.4, 0.5) is 0 Å². The predicted octanol–water partition coefficient (Wildman–Crippen LogP) is 4.57. The van der Waals surface area contributed by atoms with Crippen LogP contribution in [0.15, 0.2) is 9.81 Å².